The van der Waals surface area contributed by atoms with Crippen molar-refractivity contribution < 1.29 is 18.7 Å². The van der Waals surface area contributed by atoms with E-state index in [1.165, 1.54) is 4.90 Å². The molecule has 2 rings (SSSR count). The molecule has 1 saturated carbocycles. The maximum absolute atomic E-state index is 13.7. The number of benzene rings is 1. The Balaban J connectivity index is 2.00. The van der Waals surface area contributed by atoms with Gasteiger partial charge in [0.15, 0.2) is 5.82 Å². The van der Waals surface area contributed by atoms with Gasteiger partial charge in [-0.3, -0.25) is 0 Å². The van der Waals surface area contributed by atoms with Crippen LogP contribution in [0.5, 0.6) is 0 Å². The van der Waals surface area contributed by atoms with Crippen molar-refractivity contribution in [1.82, 2.24) is 4.90 Å². The van der Waals surface area contributed by atoms with Gasteiger partial charge in [-0.15, -0.1) is 0 Å². The monoisotopic (exact) mass is 332 g/mol. The number of aliphatic hydroxyl groups excluding tert-OH is 1. The number of halogens is 3. The number of nitrogens with one attached hydrogen (secondary N) is 1. The molecule has 0 aliphatic heterocycles. The van der Waals surface area contributed by atoms with Crippen LogP contribution in [0.4, 0.5) is 19.3 Å². The van der Waals surface area contributed by atoms with E-state index < -0.39 is 17.7 Å². The Morgan fingerprint density at radius 3 is 2.55 bits per heavy atom. The molecule has 0 heterocycles. The lowest BCUT2D eigenvalue weighted by Gasteiger charge is -2.34. The van der Waals surface area contributed by atoms with Crippen molar-refractivity contribution in [2.75, 3.05) is 19.0 Å². The van der Waals surface area contributed by atoms with Crippen molar-refractivity contribution in [2.24, 2.45) is 5.92 Å². The van der Waals surface area contributed by atoms with Gasteiger partial charge < -0.3 is 15.3 Å². The maximum Gasteiger partial charge on any atom is 0.321 e. The van der Waals surface area contributed by atoms with Gasteiger partial charge in [-0.1, -0.05) is 11.6 Å². The molecule has 1 fully saturated rings. The van der Waals surface area contributed by atoms with Crippen molar-refractivity contribution in [3.8, 4) is 0 Å². The topological polar surface area (TPSA) is 52.6 Å². The first-order valence-corrected chi connectivity index (χ1v) is 7.59. The van der Waals surface area contributed by atoms with E-state index in [1.807, 2.05) is 0 Å². The second kappa shape index (κ2) is 7.24. The first-order chi connectivity index (χ1) is 10.4. The largest absolute Gasteiger partial charge is 0.396 e. The summed E-state index contributed by atoms with van der Waals surface area (Å²) in [6.07, 6.45) is 3.28. The van der Waals surface area contributed by atoms with E-state index in [0.29, 0.717) is 6.07 Å². The maximum atomic E-state index is 13.7. The van der Waals surface area contributed by atoms with Crippen LogP contribution in [0.25, 0.3) is 0 Å². The van der Waals surface area contributed by atoms with Gasteiger partial charge in [0.25, 0.3) is 0 Å². The zero-order valence-electron chi connectivity index (χ0n) is 12.3. The summed E-state index contributed by atoms with van der Waals surface area (Å²) >= 11 is 5.77. The van der Waals surface area contributed by atoms with Crippen LogP contribution in [-0.2, 0) is 0 Å². The van der Waals surface area contributed by atoms with E-state index >= 15 is 0 Å². The Morgan fingerprint density at radius 1 is 1.36 bits per heavy atom. The van der Waals surface area contributed by atoms with E-state index in [9.17, 15) is 13.6 Å². The summed E-state index contributed by atoms with van der Waals surface area (Å²) in [5.41, 5.74) is -0.219. The smallest absolute Gasteiger partial charge is 0.321 e. The molecular formula is C15H19ClF2N2O2. The van der Waals surface area contributed by atoms with Gasteiger partial charge in [0.2, 0.25) is 0 Å². The van der Waals surface area contributed by atoms with Crippen LogP contribution in [0.15, 0.2) is 12.1 Å². The van der Waals surface area contributed by atoms with Crippen molar-refractivity contribution in [3.05, 3.63) is 28.8 Å². The molecule has 1 aromatic rings. The van der Waals surface area contributed by atoms with Gasteiger partial charge in [0.1, 0.15) is 5.82 Å². The fraction of sp³-hybridized carbons (Fsp3) is 0.533. The molecule has 0 radical (unpaired) electrons. The average molecular weight is 333 g/mol. The number of amides is 2. The van der Waals surface area contributed by atoms with Gasteiger partial charge in [-0.05, 0) is 37.7 Å². The predicted octanol–water partition coefficient (Wildman–Crippen LogP) is 3.63. The van der Waals surface area contributed by atoms with Gasteiger partial charge >= 0.3 is 6.03 Å². The average Bonchev–Trinajstić information content (AvgIpc) is 2.50. The van der Waals surface area contributed by atoms with Crippen LogP contribution in [0, 0.1) is 17.6 Å². The first kappa shape index (κ1) is 17.0. The second-order valence-corrected chi connectivity index (χ2v) is 6.05. The minimum Gasteiger partial charge on any atom is -0.396 e. The van der Waals surface area contributed by atoms with Gasteiger partial charge in [-0.2, -0.15) is 0 Å². The molecule has 2 amide bonds. The molecule has 0 atom stereocenters. The van der Waals surface area contributed by atoms with E-state index in [0.717, 1.165) is 31.7 Å². The van der Waals surface area contributed by atoms with Crippen molar-refractivity contribution in [2.45, 2.75) is 31.7 Å². The zero-order valence-corrected chi connectivity index (χ0v) is 13.0. The number of carbonyl (C=O) groups excluding carboxylic acids is 1. The molecular weight excluding hydrogens is 314 g/mol. The SMILES string of the molecule is CN(C(=O)Nc1c(F)cc(F)cc1Cl)C1CCC(CO)CC1. The number of hydrogen-bond acceptors (Lipinski definition) is 2. The summed E-state index contributed by atoms with van der Waals surface area (Å²) < 4.78 is 26.7. The fourth-order valence-corrected chi connectivity index (χ4v) is 2.98. The summed E-state index contributed by atoms with van der Waals surface area (Å²) in [4.78, 5) is 13.7. The summed E-state index contributed by atoms with van der Waals surface area (Å²) in [7, 11) is 1.63. The van der Waals surface area contributed by atoms with Crippen molar-refractivity contribution in [3.63, 3.8) is 0 Å². The summed E-state index contributed by atoms with van der Waals surface area (Å²) in [5, 5.41) is 11.3. The molecule has 0 bridgehead atoms. The Hall–Kier alpha value is -1.40. The van der Waals surface area contributed by atoms with Crippen LogP contribution in [0.1, 0.15) is 25.7 Å². The Morgan fingerprint density at radius 2 is 2.00 bits per heavy atom. The number of aliphatic hydroxyl groups is 1. The minimum atomic E-state index is -0.907. The third kappa shape index (κ3) is 3.87. The molecule has 0 aromatic heterocycles. The molecule has 1 aliphatic rings. The number of nitrogens with zero attached hydrogens (tertiary/aromatic N) is 1. The van der Waals surface area contributed by atoms with E-state index in [1.54, 1.807) is 7.05 Å². The molecule has 4 nitrogen and oxygen atoms in total. The summed E-state index contributed by atoms with van der Waals surface area (Å²) in [6, 6.07) is 1.17. The highest BCUT2D eigenvalue weighted by Crippen LogP contribution is 2.29. The lowest BCUT2D eigenvalue weighted by atomic mass is 9.86. The molecule has 1 aromatic carbocycles. The second-order valence-electron chi connectivity index (χ2n) is 5.64. The van der Waals surface area contributed by atoms with Crippen LogP contribution < -0.4 is 5.32 Å². The molecule has 22 heavy (non-hydrogen) atoms. The van der Waals surface area contributed by atoms with Crippen LogP contribution >= 0.6 is 11.6 Å². The highest BCUT2D eigenvalue weighted by atomic mass is 35.5. The van der Waals surface area contributed by atoms with E-state index in [4.69, 9.17) is 16.7 Å². The number of carbonyl (C=O) groups is 1. The Kier molecular flexibility index (Phi) is 5.58. The summed E-state index contributed by atoms with van der Waals surface area (Å²) in [6.45, 7) is 0.166. The Bertz CT molecular complexity index is 525. The van der Waals surface area contributed by atoms with Crippen molar-refractivity contribution in [1.29, 1.82) is 0 Å². The number of urea groups is 1. The first-order valence-electron chi connectivity index (χ1n) is 7.21. The van der Waals surface area contributed by atoms with E-state index in [-0.39, 0.29) is 29.3 Å². The van der Waals surface area contributed by atoms with Crippen LogP contribution in [0.2, 0.25) is 5.02 Å². The number of rotatable bonds is 3. The minimum absolute atomic E-state index is 0.0325. The van der Waals surface area contributed by atoms with Crippen LogP contribution in [-0.4, -0.2) is 35.7 Å². The molecule has 1 aliphatic carbocycles. The lowest BCUT2D eigenvalue weighted by Crippen LogP contribution is -2.42. The third-order valence-corrected chi connectivity index (χ3v) is 4.48. The van der Waals surface area contributed by atoms with Gasteiger partial charge in [0.05, 0.1) is 10.7 Å². The highest BCUT2D eigenvalue weighted by molar-refractivity contribution is 6.33. The van der Waals surface area contributed by atoms with Gasteiger partial charge in [0, 0.05) is 25.8 Å². The molecule has 0 saturated heterocycles. The molecule has 0 unspecified atom stereocenters. The molecule has 0 spiro atoms. The quantitative estimate of drug-likeness (QED) is 0.888. The van der Waals surface area contributed by atoms with Crippen LogP contribution in [0.3, 0.4) is 0 Å². The molecule has 7 heteroatoms. The Labute approximate surface area is 133 Å². The third-order valence-electron chi connectivity index (χ3n) is 4.18. The normalized spacial score (nSPS) is 21.5. The highest BCUT2D eigenvalue weighted by Gasteiger charge is 2.27. The lowest BCUT2D eigenvalue weighted by molar-refractivity contribution is 0.139. The summed E-state index contributed by atoms with van der Waals surface area (Å²) in [5.74, 6) is -1.41. The predicted molar refractivity (Wildman–Crippen MR) is 81.0 cm³/mol. The fourth-order valence-electron chi connectivity index (χ4n) is 2.74. The van der Waals surface area contributed by atoms with E-state index in [2.05, 4.69) is 5.32 Å². The molecule has 122 valence electrons. The number of hydrogen-bond donors (Lipinski definition) is 2. The molecule has 2 N–H and O–H groups in total. The number of anilines is 1. The zero-order chi connectivity index (χ0) is 16.3. The van der Waals surface area contributed by atoms with Crippen molar-refractivity contribution >= 4 is 23.3 Å². The van der Waals surface area contributed by atoms with Gasteiger partial charge in [-0.25, -0.2) is 13.6 Å². The standard InChI is InChI=1S/C15H19ClF2N2O2/c1-20(11-4-2-9(8-21)3-5-11)15(22)19-14-12(16)6-10(17)7-13(14)18/h6-7,9,11,21H,2-5,8H2,1H3,(H,19,22).